The topological polar surface area (TPSA) is 64.3 Å². The molecule has 5 nitrogen and oxygen atoms in total. The van der Waals surface area contributed by atoms with Crippen molar-refractivity contribution in [1.82, 2.24) is 9.78 Å². The van der Waals surface area contributed by atoms with Crippen LogP contribution in [0.4, 0.5) is 0 Å². The van der Waals surface area contributed by atoms with Crippen molar-refractivity contribution in [3.63, 3.8) is 0 Å². The molecule has 1 unspecified atom stereocenters. The maximum absolute atomic E-state index is 10.8. The quantitative estimate of drug-likeness (QED) is 0.877. The number of hydrogen-bond donors (Lipinski definition) is 1. The summed E-state index contributed by atoms with van der Waals surface area (Å²) in [6, 6.07) is 9.05. The van der Waals surface area contributed by atoms with Gasteiger partial charge in [0.25, 0.3) is 0 Å². The molecule has 5 heteroatoms. The van der Waals surface area contributed by atoms with Crippen LogP contribution in [-0.2, 0) is 11.4 Å². The van der Waals surface area contributed by atoms with Gasteiger partial charge in [0.15, 0.2) is 5.75 Å². The van der Waals surface area contributed by atoms with Gasteiger partial charge in [-0.2, -0.15) is 5.10 Å². The number of carbonyl (C=O) groups is 1. The highest BCUT2D eigenvalue weighted by molar-refractivity contribution is 5.71. The van der Waals surface area contributed by atoms with Crippen LogP contribution in [0.3, 0.4) is 0 Å². The lowest BCUT2D eigenvalue weighted by atomic mass is 10.2. The highest BCUT2D eigenvalue weighted by Crippen LogP contribution is 2.14. The number of benzene rings is 1. The Kier molecular flexibility index (Phi) is 3.62. The van der Waals surface area contributed by atoms with Gasteiger partial charge in [0, 0.05) is 0 Å². The van der Waals surface area contributed by atoms with Gasteiger partial charge in [-0.3, -0.25) is 4.68 Å². The minimum Gasteiger partial charge on any atom is -0.486 e. The summed E-state index contributed by atoms with van der Waals surface area (Å²) in [4.78, 5) is 10.8. The Bertz CT molecular complexity index is 522. The van der Waals surface area contributed by atoms with Gasteiger partial charge < -0.3 is 9.84 Å². The number of carboxylic acids is 1. The SMILES string of the molecule is CC(C(=O)O)n1cc(OCc2ccccc2)cn1. The van der Waals surface area contributed by atoms with Crippen LogP contribution < -0.4 is 4.74 Å². The van der Waals surface area contributed by atoms with E-state index in [4.69, 9.17) is 9.84 Å². The Morgan fingerprint density at radius 1 is 1.44 bits per heavy atom. The minimum atomic E-state index is -0.923. The third kappa shape index (κ3) is 2.88. The van der Waals surface area contributed by atoms with E-state index >= 15 is 0 Å². The van der Waals surface area contributed by atoms with E-state index in [2.05, 4.69) is 5.10 Å². The summed E-state index contributed by atoms with van der Waals surface area (Å²) in [5, 5.41) is 12.8. The van der Waals surface area contributed by atoms with Crippen LogP contribution in [0.15, 0.2) is 42.7 Å². The predicted octanol–water partition coefficient (Wildman–Crippen LogP) is 2.11. The van der Waals surface area contributed by atoms with Gasteiger partial charge in [-0.25, -0.2) is 4.79 Å². The molecule has 1 atom stereocenters. The molecule has 0 aliphatic heterocycles. The number of rotatable bonds is 5. The molecule has 0 fully saturated rings. The zero-order chi connectivity index (χ0) is 13.0. The van der Waals surface area contributed by atoms with E-state index in [0.717, 1.165) is 5.56 Å². The Morgan fingerprint density at radius 3 is 2.83 bits per heavy atom. The molecular formula is C13H14N2O3. The molecule has 1 aromatic carbocycles. The van der Waals surface area contributed by atoms with Crippen molar-refractivity contribution in [1.29, 1.82) is 0 Å². The molecule has 0 spiro atoms. The van der Waals surface area contributed by atoms with Gasteiger partial charge in [-0.1, -0.05) is 30.3 Å². The van der Waals surface area contributed by atoms with Gasteiger partial charge in [0.1, 0.15) is 12.6 Å². The largest absolute Gasteiger partial charge is 0.486 e. The fourth-order valence-electron chi connectivity index (χ4n) is 1.46. The molecule has 2 aromatic rings. The predicted molar refractivity (Wildman–Crippen MR) is 65.3 cm³/mol. The smallest absolute Gasteiger partial charge is 0.328 e. The van der Waals surface area contributed by atoms with E-state index in [1.54, 1.807) is 13.1 Å². The van der Waals surface area contributed by atoms with Crippen molar-refractivity contribution >= 4 is 5.97 Å². The monoisotopic (exact) mass is 246 g/mol. The van der Waals surface area contributed by atoms with Gasteiger partial charge in [-0.05, 0) is 12.5 Å². The molecule has 18 heavy (non-hydrogen) atoms. The van der Waals surface area contributed by atoms with E-state index in [1.807, 2.05) is 30.3 Å². The van der Waals surface area contributed by atoms with Gasteiger partial charge in [-0.15, -0.1) is 0 Å². The van der Waals surface area contributed by atoms with E-state index < -0.39 is 12.0 Å². The summed E-state index contributed by atoms with van der Waals surface area (Å²) < 4.78 is 6.89. The molecule has 0 radical (unpaired) electrons. The lowest BCUT2D eigenvalue weighted by Gasteiger charge is -2.05. The molecule has 2 rings (SSSR count). The number of aliphatic carboxylic acids is 1. The lowest BCUT2D eigenvalue weighted by molar-refractivity contribution is -0.140. The molecule has 0 amide bonds. The fraction of sp³-hybridized carbons (Fsp3) is 0.231. The van der Waals surface area contributed by atoms with E-state index in [1.165, 1.54) is 10.9 Å². The van der Waals surface area contributed by atoms with Crippen LogP contribution in [0.5, 0.6) is 5.75 Å². The summed E-state index contributed by atoms with van der Waals surface area (Å²) in [6.07, 6.45) is 3.10. The number of hydrogen-bond acceptors (Lipinski definition) is 3. The van der Waals surface area contributed by atoms with Crippen molar-refractivity contribution in [3.05, 3.63) is 48.3 Å². The molecule has 0 saturated heterocycles. The van der Waals surface area contributed by atoms with Crippen molar-refractivity contribution in [3.8, 4) is 5.75 Å². The number of nitrogens with zero attached hydrogens (tertiary/aromatic N) is 2. The summed E-state index contributed by atoms with van der Waals surface area (Å²) in [5.41, 5.74) is 1.05. The van der Waals surface area contributed by atoms with E-state index in [9.17, 15) is 4.79 Å². The average Bonchev–Trinajstić information content (AvgIpc) is 2.85. The molecule has 0 aliphatic rings. The second-order valence-electron chi connectivity index (χ2n) is 3.94. The van der Waals surface area contributed by atoms with Crippen molar-refractivity contribution in [2.75, 3.05) is 0 Å². The highest BCUT2D eigenvalue weighted by atomic mass is 16.5. The number of ether oxygens (including phenoxy) is 1. The first-order chi connectivity index (χ1) is 8.66. The molecular weight excluding hydrogens is 232 g/mol. The Labute approximate surface area is 105 Å². The van der Waals surface area contributed by atoms with Crippen LogP contribution in [0.25, 0.3) is 0 Å². The standard InChI is InChI=1S/C13H14N2O3/c1-10(13(16)17)15-8-12(7-14-15)18-9-11-5-3-2-4-6-11/h2-8,10H,9H2,1H3,(H,16,17). The maximum atomic E-state index is 10.8. The summed E-state index contributed by atoms with van der Waals surface area (Å²) in [7, 11) is 0. The van der Waals surface area contributed by atoms with Crippen molar-refractivity contribution < 1.29 is 14.6 Å². The third-order valence-electron chi connectivity index (χ3n) is 2.58. The Morgan fingerprint density at radius 2 is 2.17 bits per heavy atom. The van der Waals surface area contributed by atoms with Crippen LogP contribution in [0.1, 0.15) is 18.5 Å². The summed E-state index contributed by atoms with van der Waals surface area (Å²) >= 11 is 0. The lowest BCUT2D eigenvalue weighted by Crippen LogP contribution is -2.15. The third-order valence-corrected chi connectivity index (χ3v) is 2.58. The van der Waals surface area contributed by atoms with Crippen molar-refractivity contribution in [2.45, 2.75) is 19.6 Å². The number of aromatic nitrogens is 2. The van der Waals surface area contributed by atoms with Crippen molar-refractivity contribution in [2.24, 2.45) is 0 Å². The van der Waals surface area contributed by atoms with Crippen LogP contribution >= 0.6 is 0 Å². The van der Waals surface area contributed by atoms with Crippen LogP contribution in [0, 0.1) is 0 Å². The molecule has 1 heterocycles. The zero-order valence-corrected chi connectivity index (χ0v) is 9.98. The first-order valence-corrected chi connectivity index (χ1v) is 5.60. The molecule has 1 N–H and O–H groups in total. The summed E-state index contributed by atoms with van der Waals surface area (Å²) in [6.45, 7) is 2.00. The van der Waals surface area contributed by atoms with Gasteiger partial charge >= 0.3 is 5.97 Å². The van der Waals surface area contributed by atoms with Gasteiger partial charge in [0.05, 0.1) is 12.4 Å². The molecule has 94 valence electrons. The first kappa shape index (κ1) is 12.2. The first-order valence-electron chi connectivity index (χ1n) is 5.60. The highest BCUT2D eigenvalue weighted by Gasteiger charge is 2.14. The number of carboxylic acid groups (broad SMARTS) is 1. The van der Waals surface area contributed by atoms with Gasteiger partial charge in [0.2, 0.25) is 0 Å². The van der Waals surface area contributed by atoms with E-state index in [0.29, 0.717) is 12.4 Å². The molecule has 1 aromatic heterocycles. The average molecular weight is 246 g/mol. The normalized spacial score (nSPS) is 12.1. The summed E-state index contributed by atoms with van der Waals surface area (Å²) in [5.74, 6) is -0.361. The molecule has 0 saturated carbocycles. The Balaban J connectivity index is 1.97. The molecule has 0 aliphatic carbocycles. The Hall–Kier alpha value is -2.30. The van der Waals surface area contributed by atoms with Crippen LogP contribution in [-0.4, -0.2) is 20.9 Å². The zero-order valence-electron chi connectivity index (χ0n) is 9.98. The second kappa shape index (κ2) is 5.35. The second-order valence-corrected chi connectivity index (χ2v) is 3.94. The van der Waals surface area contributed by atoms with E-state index in [-0.39, 0.29) is 0 Å². The molecule has 0 bridgehead atoms. The minimum absolute atomic E-state index is 0.438. The maximum Gasteiger partial charge on any atom is 0.328 e. The fourth-order valence-corrected chi connectivity index (χ4v) is 1.46. The van der Waals surface area contributed by atoms with Crippen LogP contribution in [0.2, 0.25) is 0 Å².